The van der Waals surface area contributed by atoms with Gasteiger partial charge in [0.15, 0.2) is 0 Å². The molecular weight excluding hydrogens is 214 g/mol. The van der Waals surface area contributed by atoms with Gasteiger partial charge in [0, 0.05) is 18.2 Å². The molecule has 0 fully saturated rings. The lowest BCUT2D eigenvalue weighted by Gasteiger charge is -2.26. The van der Waals surface area contributed by atoms with Gasteiger partial charge in [-0.2, -0.15) is 11.8 Å². The Labute approximate surface area is 95.0 Å². The van der Waals surface area contributed by atoms with Crippen molar-refractivity contribution in [2.75, 3.05) is 18.6 Å². The lowest BCUT2D eigenvalue weighted by Crippen LogP contribution is -2.41. The van der Waals surface area contributed by atoms with Crippen LogP contribution in [0.2, 0.25) is 0 Å². The number of hydrogen-bond acceptors (Lipinski definition) is 3. The van der Waals surface area contributed by atoms with Crippen LogP contribution >= 0.6 is 11.8 Å². The number of nitrogens with zero attached hydrogens (tertiary/aromatic N) is 1. The van der Waals surface area contributed by atoms with Crippen LogP contribution in [-0.2, 0) is 9.59 Å². The Bertz CT molecular complexity index is 221. The van der Waals surface area contributed by atoms with Crippen LogP contribution in [0.5, 0.6) is 0 Å². The van der Waals surface area contributed by atoms with Crippen molar-refractivity contribution in [1.82, 2.24) is 4.90 Å². The van der Waals surface area contributed by atoms with Crippen molar-refractivity contribution in [3.63, 3.8) is 0 Å². The second-order valence-electron chi connectivity index (χ2n) is 3.42. The molecular formula is C10H19NO3S. The van der Waals surface area contributed by atoms with Crippen LogP contribution in [-0.4, -0.2) is 46.5 Å². The minimum Gasteiger partial charge on any atom is -0.480 e. The number of carbonyl (C=O) groups is 2. The molecule has 0 aromatic carbocycles. The summed E-state index contributed by atoms with van der Waals surface area (Å²) in [6, 6.07) is -0.00421. The lowest BCUT2D eigenvalue weighted by atomic mass is 10.2. The molecule has 0 heterocycles. The SMILES string of the molecule is CCC(C)N(CC(=O)O)C(=O)CCSC. The van der Waals surface area contributed by atoms with Gasteiger partial charge in [0.05, 0.1) is 0 Å². The zero-order chi connectivity index (χ0) is 11.8. The highest BCUT2D eigenvalue weighted by atomic mass is 32.2. The largest absolute Gasteiger partial charge is 0.480 e. The highest BCUT2D eigenvalue weighted by Crippen LogP contribution is 2.07. The van der Waals surface area contributed by atoms with E-state index in [1.165, 1.54) is 4.90 Å². The molecule has 1 unspecified atom stereocenters. The summed E-state index contributed by atoms with van der Waals surface area (Å²) in [6.07, 6.45) is 3.12. The number of carbonyl (C=O) groups excluding carboxylic acids is 1. The Morgan fingerprint density at radius 3 is 2.47 bits per heavy atom. The van der Waals surface area contributed by atoms with E-state index in [-0.39, 0.29) is 18.5 Å². The first kappa shape index (κ1) is 14.3. The van der Waals surface area contributed by atoms with Gasteiger partial charge in [-0.1, -0.05) is 6.92 Å². The summed E-state index contributed by atoms with van der Waals surface area (Å²) in [5.41, 5.74) is 0. The van der Waals surface area contributed by atoms with Crippen molar-refractivity contribution in [2.45, 2.75) is 32.7 Å². The molecule has 0 aliphatic heterocycles. The van der Waals surface area contributed by atoms with E-state index in [4.69, 9.17) is 5.11 Å². The van der Waals surface area contributed by atoms with Gasteiger partial charge < -0.3 is 10.0 Å². The average molecular weight is 233 g/mol. The van der Waals surface area contributed by atoms with Crippen LogP contribution in [0.4, 0.5) is 0 Å². The van der Waals surface area contributed by atoms with E-state index in [1.54, 1.807) is 11.8 Å². The van der Waals surface area contributed by atoms with Gasteiger partial charge in [-0.25, -0.2) is 0 Å². The maximum Gasteiger partial charge on any atom is 0.323 e. The van der Waals surface area contributed by atoms with Crippen LogP contribution in [0.25, 0.3) is 0 Å². The molecule has 0 aromatic heterocycles. The van der Waals surface area contributed by atoms with Crippen LogP contribution in [0.15, 0.2) is 0 Å². The third-order valence-electron chi connectivity index (χ3n) is 2.27. The normalized spacial score (nSPS) is 12.2. The van der Waals surface area contributed by atoms with Gasteiger partial charge in [0.1, 0.15) is 6.54 Å². The summed E-state index contributed by atoms with van der Waals surface area (Å²) in [4.78, 5) is 23.7. The molecule has 1 N–H and O–H groups in total. The molecule has 0 radical (unpaired) electrons. The van der Waals surface area contributed by atoms with Crippen LogP contribution in [0, 0.1) is 0 Å². The highest BCUT2D eigenvalue weighted by molar-refractivity contribution is 7.98. The fourth-order valence-electron chi connectivity index (χ4n) is 1.19. The Morgan fingerprint density at radius 1 is 1.47 bits per heavy atom. The van der Waals surface area contributed by atoms with Gasteiger partial charge in [-0.15, -0.1) is 0 Å². The van der Waals surface area contributed by atoms with E-state index in [0.717, 1.165) is 12.2 Å². The molecule has 1 atom stereocenters. The zero-order valence-corrected chi connectivity index (χ0v) is 10.3. The summed E-state index contributed by atoms with van der Waals surface area (Å²) < 4.78 is 0. The van der Waals surface area contributed by atoms with Crippen molar-refractivity contribution in [1.29, 1.82) is 0 Å². The first-order valence-electron chi connectivity index (χ1n) is 5.03. The van der Waals surface area contributed by atoms with E-state index in [0.29, 0.717) is 6.42 Å². The van der Waals surface area contributed by atoms with Gasteiger partial charge >= 0.3 is 5.97 Å². The zero-order valence-electron chi connectivity index (χ0n) is 9.52. The summed E-state index contributed by atoms with van der Waals surface area (Å²) >= 11 is 1.59. The highest BCUT2D eigenvalue weighted by Gasteiger charge is 2.20. The minimum atomic E-state index is -0.951. The monoisotopic (exact) mass is 233 g/mol. The second kappa shape index (κ2) is 7.56. The van der Waals surface area contributed by atoms with Crippen molar-refractivity contribution in [2.24, 2.45) is 0 Å². The Kier molecular flexibility index (Phi) is 7.21. The molecule has 0 aromatic rings. The fraction of sp³-hybridized carbons (Fsp3) is 0.800. The molecule has 15 heavy (non-hydrogen) atoms. The minimum absolute atomic E-state index is 0.00421. The molecule has 4 nitrogen and oxygen atoms in total. The van der Waals surface area contributed by atoms with Gasteiger partial charge in [-0.3, -0.25) is 9.59 Å². The first-order chi connectivity index (χ1) is 7.02. The number of aliphatic carboxylic acids is 1. The first-order valence-corrected chi connectivity index (χ1v) is 6.42. The van der Waals surface area contributed by atoms with Crippen molar-refractivity contribution in [3.8, 4) is 0 Å². The van der Waals surface area contributed by atoms with E-state index < -0.39 is 5.97 Å². The van der Waals surface area contributed by atoms with E-state index in [9.17, 15) is 9.59 Å². The lowest BCUT2D eigenvalue weighted by molar-refractivity contribution is -0.145. The second-order valence-corrected chi connectivity index (χ2v) is 4.40. The Hall–Kier alpha value is -0.710. The van der Waals surface area contributed by atoms with E-state index >= 15 is 0 Å². The topological polar surface area (TPSA) is 57.6 Å². The molecule has 88 valence electrons. The molecule has 0 spiro atoms. The average Bonchev–Trinajstić information content (AvgIpc) is 2.21. The van der Waals surface area contributed by atoms with Crippen molar-refractivity contribution >= 4 is 23.6 Å². The number of carboxylic acid groups (broad SMARTS) is 1. The number of amides is 1. The third-order valence-corrected chi connectivity index (χ3v) is 2.88. The smallest absolute Gasteiger partial charge is 0.323 e. The number of hydrogen-bond donors (Lipinski definition) is 1. The summed E-state index contributed by atoms with van der Waals surface area (Å²) in [5, 5.41) is 8.70. The fourth-order valence-corrected chi connectivity index (χ4v) is 1.57. The van der Waals surface area contributed by atoms with Crippen LogP contribution in [0.1, 0.15) is 26.7 Å². The summed E-state index contributed by atoms with van der Waals surface area (Å²) in [5.74, 6) is -0.278. The molecule has 0 bridgehead atoms. The summed E-state index contributed by atoms with van der Waals surface area (Å²) in [7, 11) is 0. The Balaban J connectivity index is 4.33. The number of thioether (sulfide) groups is 1. The van der Waals surface area contributed by atoms with Crippen molar-refractivity contribution in [3.05, 3.63) is 0 Å². The molecule has 0 rings (SSSR count). The van der Waals surface area contributed by atoms with Gasteiger partial charge in [-0.05, 0) is 19.6 Å². The van der Waals surface area contributed by atoms with E-state index in [2.05, 4.69) is 0 Å². The van der Waals surface area contributed by atoms with E-state index in [1.807, 2.05) is 20.1 Å². The molecule has 5 heteroatoms. The Morgan fingerprint density at radius 2 is 2.07 bits per heavy atom. The summed E-state index contributed by atoms with van der Waals surface area (Å²) in [6.45, 7) is 3.63. The molecule has 0 saturated heterocycles. The van der Waals surface area contributed by atoms with Crippen LogP contribution in [0.3, 0.4) is 0 Å². The molecule has 0 aliphatic carbocycles. The number of carboxylic acids is 1. The predicted octanol–water partition coefficient (Wildman–Crippen LogP) is 1.45. The number of rotatable bonds is 7. The molecule has 1 amide bonds. The molecule has 0 aliphatic rings. The third kappa shape index (κ3) is 5.67. The van der Waals surface area contributed by atoms with Gasteiger partial charge in [0.2, 0.25) is 5.91 Å². The van der Waals surface area contributed by atoms with Crippen LogP contribution < -0.4 is 0 Å². The molecule has 0 saturated carbocycles. The maximum absolute atomic E-state index is 11.7. The standard InChI is InChI=1S/C10H19NO3S/c1-4-8(2)11(7-10(13)14)9(12)5-6-15-3/h8H,4-7H2,1-3H3,(H,13,14). The van der Waals surface area contributed by atoms with Crippen molar-refractivity contribution < 1.29 is 14.7 Å². The quantitative estimate of drug-likeness (QED) is 0.723. The van der Waals surface area contributed by atoms with Gasteiger partial charge in [0.25, 0.3) is 0 Å². The maximum atomic E-state index is 11.7. The predicted molar refractivity (Wildman–Crippen MR) is 62.1 cm³/mol.